The molecule has 0 aromatic heterocycles. The molecular weight excluding hydrogens is 442 g/mol. The molecule has 1 atom stereocenters. The molecule has 35 heavy (non-hydrogen) atoms. The van der Waals surface area contributed by atoms with Gasteiger partial charge in [-0.25, -0.2) is 9.86 Å². The van der Waals surface area contributed by atoms with Gasteiger partial charge < -0.3 is 9.47 Å². The molecule has 1 aromatic rings. The van der Waals surface area contributed by atoms with Crippen LogP contribution in [0, 0.1) is 23.2 Å². The maximum absolute atomic E-state index is 12.9. The van der Waals surface area contributed by atoms with Crippen molar-refractivity contribution in [2.45, 2.75) is 86.4 Å². The Kier molecular flexibility index (Phi) is 10.5. The highest BCUT2D eigenvalue weighted by atomic mass is 16.6. The number of hydroxylamine groups is 2. The fourth-order valence-electron chi connectivity index (χ4n) is 4.68. The maximum atomic E-state index is 12.9. The van der Waals surface area contributed by atoms with Gasteiger partial charge in [0, 0.05) is 17.4 Å². The molecule has 1 amide bonds. The molecule has 0 saturated carbocycles. The maximum Gasteiger partial charge on any atom is 0.334 e. The third-order valence-corrected chi connectivity index (χ3v) is 6.18. The van der Waals surface area contributed by atoms with Gasteiger partial charge in [0.1, 0.15) is 0 Å². The number of benzene rings is 1. The molecule has 1 saturated heterocycles. The Morgan fingerprint density at radius 2 is 1.74 bits per heavy atom. The summed E-state index contributed by atoms with van der Waals surface area (Å²) in [7, 11) is 0. The van der Waals surface area contributed by atoms with Crippen molar-refractivity contribution in [3.05, 3.63) is 47.5 Å². The number of cyclic esters (lactones) is 1. The minimum atomic E-state index is -1.13. The molecular formula is C29H45NO5. The van der Waals surface area contributed by atoms with Gasteiger partial charge in [-0.1, -0.05) is 84.9 Å². The van der Waals surface area contributed by atoms with Crippen LogP contribution in [0.15, 0.2) is 42.0 Å². The Bertz CT molecular complexity index is 846. The standard InChI is InChI=1S/C29H45NO5/c1-21(2)15-24(16-22(3)4)13-14-25-17-29(35-26(25)31,19-30(33)27(32)28(5,6)7)20-34-18-23-11-9-8-10-12-23/h8-12,14,21-22,24,33H,13,15-20H2,1-7H3/b25-14+/t29-/m0/s1. The lowest BCUT2D eigenvalue weighted by Crippen LogP contribution is -2.49. The number of allylic oxidation sites excluding steroid dienone is 1. The van der Waals surface area contributed by atoms with E-state index in [4.69, 9.17) is 9.47 Å². The first-order valence-electron chi connectivity index (χ1n) is 12.9. The number of esters is 1. The highest BCUT2D eigenvalue weighted by molar-refractivity contribution is 5.91. The summed E-state index contributed by atoms with van der Waals surface area (Å²) in [5, 5.41) is 11.3. The normalized spacial score (nSPS) is 19.7. The van der Waals surface area contributed by atoms with E-state index in [-0.39, 0.29) is 13.2 Å². The number of carbonyl (C=O) groups is 2. The zero-order valence-electron chi connectivity index (χ0n) is 22.7. The van der Waals surface area contributed by atoms with Crippen LogP contribution in [-0.4, -0.2) is 40.9 Å². The van der Waals surface area contributed by atoms with Gasteiger partial charge in [0.25, 0.3) is 5.91 Å². The van der Waals surface area contributed by atoms with Crippen LogP contribution in [-0.2, 0) is 25.7 Å². The smallest absolute Gasteiger partial charge is 0.334 e. The van der Waals surface area contributed by atoms with Crippen LogP contribution in [0.5, 0.6) is 0 Å². The Hall–Kier alpha value is -2.18. The van der Waals surface area contributed by atoms with E-state index in [1.54, 1.807) is 20.8 Å². The Morgan fingerprint density at radius 3 is 2.29 bits per heavy atom. The first-order chi connectivity index (χ1) is 16.3. The molecule has 6 heteroatoms. The summed E-state index contributed by atoms with van der Waals surface area (Å²) in [5.41, 5.74) is -0.288. The van der Waals surface area contributed by atoms with Crippen molar-refractivity contribution in [2.75, 3.05) is 13.2 Å². The first kappa shape index (κ1) is 29.1. The van der Waals surface area contributed by atoms with Crippen LogP contribution >= 0.6 is 0 Å². The Balaban J connectivity index is 2.19. The summed E-state index contributed by atoms with van der Waals surface area (Å²) in [6.45, 7) is 14.4. The van der Waals surface area contributed by atoms with Crippen LogP contribution in [0.1, 0.15) is 79.7 Å². The number of rotatable bonds is 12. The van der Waals surface area contributed by atoms with Crippen LogP contribution in [0.25, 0.3) is 0 Å². The lowest BCUT2D eigenvalue weighted by Gasteiger charge is -2.33. The van der Waals surface area contributed by atoms with Crippen molar-refractivity contribution in [3.63, 3.8) is 0 Å². The lowest BCUT2D eigenvalue weighted by atomic mass is 9.86. The third-order valence-electron chi connectivity index (χ3n) is 6.18. The number of hydrogen-bond acceptors (Lipinski definition) is 5. The molecule has 0 radical (unpaired) electrons. The largest absolute Gasteiger partial charge is 0.451 e. The second-order valence-electron chi connectivity index (χ2n) is 11.9. The van der Waals surface area contributed by atoms with Gasteiger partial charge >= 0.3 is 5.97 Å². The van der Waals surface area contributed by atoms with Crippen LogP contribution in [0.4, 0.5) is 0 Å². The number of amides is 1. The van der Waals surface area contributed by atoms with Gasteiger partial charge in [0.2, 0.25) is 0 Å². The SMILES string of the molecule is CC(C)CC(C/C=C1\C[C@@](COCc2ccccc2)(CN(O)C(=O)C(C)(C)C)OC1=O)CC(C)C. The molecule has 1 aliphatic rings. The molecule has 1 fully saturated rings. The molecule has 0 bridgehead atoms. The van der Waals surface area contributed by atoms with Crippen molar-refractivity contribution in [2.24, 2.45) is 23.2 Å². The van der Waals surface area contributed by atoms with Gasteiger partial charge in [-0.3, -0.25) is 10.0 Å². The number of carbonyl (C=O) groups excluding carboxylic acids is 2. The zero-order valence-corrected chi connectivity index (χ0v) is 22.7. The minimum Gasteiger partial charge on any atom is -0.451 e. The van der Waals surface area contributed by atoms with Crippen LogP contribution in [0.3, 0.4) is 0 Å². The van der Waals surface area contributed by atoms with Gasteiger partial charge in [0.05, 0.1) is 19.8 Å². The first-order valence-corrected chi connectivity index (χ1v) is 12.9. The number of ether oxygens (including phenoxy) is 2. The van der Waals surface area contributed by atoms with E-state index >= 15 is 0 Å². The van der Waals surface area contributed by atoms with E-state index in [0.29, 0.717) is 41.4 Å². The minimum absolute atomic E-state index is 0.0842. The molecule has 1 N–H and O–H groups in total. The number of nitrogens with zero attached hydrogens (tertiary/aromatic N) is 1. The van der Waals surface area contributed by atoms with E-state index in [0.717, 1.165) is 24.8 Å². The summed E-state index contributed by atoms with van der Waals surface area (Å²) in [4.78, 5) is 25.6. The summed E-state index contributed by atoms with van der Waals surface area (Å²) in [6, 6.07) is 9.74. The molecule has 0 spiro atoms. The zero-order chi connectivity index (χ0) is 26.2. The average molecular weight is 488 g/mol. The van der Waals surface area contributed by atoms with Gasteiger partial charge in [-0.15, -0.1) is 0 Å². The van der Waals surface area contributed by atoms with Crippen LogP contribution in [0.2, 0.25) is 0 Å². The van der Waals surface area contributed by atoms with Crippen molar-refractivity contribution in [1.82, 2.24) is 5.06 Å². The molecule has 0 aliphatic carbocycles. The fourth-order valence-corrected chi connectivity index (χ4v) is 4.68. The second-order valence-corrected chi connectivity index (χ2v) is 11.9. The quantitative estimate of drug-likeness (QED) is 0.165. The predicted molar refractivity (Wildman–Crippen MR) is 138 cm³/mol. The summed E-state index contributed by atoms with van der Waals surface area (Å²) in [5.74, 6) is 0.852. The van der Waals surface area contributed by atoms with E-state index < -0.39 is 22.9 Å². The lowest BCUT2D eigenvalue weighted by molar-refractivity contribution is -0.195. The van der Waals surface area contributed by atoms with Crippen molar-refractivity contribution in [1.29, 1.82) is 0 Å². The molecule has 1 aliphatic heterocycles. The fraction of sp³-hybridized carbons (Fsp3) is 0.655. The summed E-state index contributed by atoms with van der Waals surface area (Å²) >= 11 is 0. The van der Waals surface area contributed by atoms with Crippen molar-refractivity contribution in [3.8, 4) is 0 Å². The molecule has 1 aromatic carbocycles. The van der Waals surface area contributed by atoms with E-state index in [9.17, 15) is 14.8 Å². The highest BCUT2D eigenvalue weighted by Gasteiger charge is 2.47. The predicted octanol–water partition coefficient (Wildman–Crippen LogP) is 6.18. The summed E-state index contributed by atoms with van der Waals surface area (Å²) in [6.07, 6.45) is 5.32. The Morgan fingerprint density at radius 1 is 1.14 bits per heavy atom. The Labute approximate surface area is 211 Å². The van der Waals surface area contributed by atoms with E-state index in [1.807, 2.05) is 36.4 Å². The average Bonchev–Trinajstić information content (AvgIpc) is 3.05. The second kappa shape index (κ2) is 12.7. The molecule has 196 valence electrons. The molecule has 6 nitrogen and oxygen atoms in total. The monoisotopic (exact) mass is 487 g/mol. The molecule has 0 unspecified atom stereocenters. The summed E-state index contributed by atoms with van der Waals surface area (Å²) < 4.78 is 11.8. The highest BCUT2D eigenvalue weighted by Crippen LogP contribution is 2.35. The molecule has 1 heterocycles. The van der Waals surface area contributed by atoms with Gasteiger partial charge in [0.15, 0.2) is 5.60 Å². The third kappa shape index (κ3) is 9.42. The van der Waals surface area contributed by atoms with Gasteiger partial charge in [-0.2, -0.15) is 0 Å². The van der Waals surface area contributed by atoms with Crippen molar-refractivity contribution < 1.29 is 24.3 Å². The van der Waals surface area contributed by atoms with Crippen LogP contribution < -0.4 is 0 Å². The van der Waals surface area contributed by atoms with E-state index in [1.165, 1.54) is 0 Å². The van der Waals surface area contributed by atoms with Crippen molar-refractivity contribution >= 4 is 11.9 Å². The number of hydrogen-bond donors (Lipinski definition) is 1. The van der Waals surface area contributed by atoms with Gasteiger partial charge in [-0.05, 0) is 42.6 Å². The molecule has 2 rings (SSSR count). The topological polar surface area (TPSA) is 76.1 Å². The van der Waals surface area contributed by atoms with E-state index in [2.05, 4.69) is 27.7 Å².